The maximum Gasteiger partial charge on any atom is 0.138 e. The average molecular weight is 314 g/mol. The number of benzene rings is 1. The normalized spacial score (nSPS) is 17.8. The fourth-order valence-corrected chi connectivity index (χ4v) is 3.42. The Bertz CT molecular complexity index is 616. The van der Waals surface area contributed by atoms with Crippen molar-refractivity contribution < 1.29 is 5.11 Å². The molecule has 1 heterocycles. The quantitative estimate of drug-likeness (QED) is 0.833. The molecule has 1 fully saturated rings. The Kier molecular flexibility index (Phi) is 5.08. The van der Waals surface area contributed by atoms with Gasteiger partial charge < -0.3 is 10.4 Å². The minimum atomic E-state index is -0.522. The number of aryl methyl sites for hydroxylation is 1. The van der Waals surface area contributed by atoms with E-state index in [1.54, 1.807) is 17.3 Å². The third-order valence-electron chi connectivity index (χ3n) is 4.74. The Hall–Kier alpha value is -1.72. The second kappa shape index (κ2) is 7.23. The summed E-state index contributed by atoms with van der Waals surface area (Å²) in [5.74, 6) is 0. The van der Waals surface area contributed by atoms with Crippen LogP contribution in [0.5, 0.6) is 0 Å². The van der Waals surface area contributed by atoms with Gasteiger partial charge in [-0.1, -0.05) is 37.8 Å². The molecule has 0 unspecified atom stereocenters. The van der Waals surface area contributed by atoms with Gasteiger partial charge in [0.25, 0.3) is 0 Å². The lowest BCUT2D eigenvalue weighted by molar-refractivity contribution is 0.0250. The van der Waals surface area contributed by atoms with Crippen LogP contribution in [0.15, 0.2) is 30.9 Å². The van der Waals surface area contributed by atoms with Crippen LogP contribution >= 0.6 is 0 Å². The Morgan fingerprint density at radius 3 is 2.65 bits per heavy atom. The molecule has 1 aromatic carbocycles. The summed E-state index contributed by atoms with van der Waals surface area (Å²) < 4.78 is 1.78. The second-order valence-electron chi connectivity index (χ2n) is 6.70. The molecule has 1 aliphatic rings. The summed E-state index contributed by atoms with van der Waals surface area (Å²) in [6.45, 7) is 3.54. The van der Waals surface area contributed by atoms with Crippen molar-refractivity contribution in [3.8, 4) is 5.69 Å². The number of aliphatic hydroxyl groups is 1. The van der Waals surface area contributed by atoms with E-state index in [9.17, 15) is 5.11 Å². The first kappa shape index (κ1) is 16.1. The van der Waals surface area contributed by atoms with E-state index >= 15 is 0 Å². The first-order valence-electron chi connectivity index (χ1n) is 8.54. The standard InChI is InChI=1S/C18H26N4O/c1-15-10-16(6-7-17(15)22-14-20-13-21-22)11-19-12-18(23)8-4-2-3-5-9-18/h6-7,10,13-14,19,23H,2-5,8-9,11-12H2,1H3. The minimum Gasteiger partial charge on any atom is -0.389 e. The zero-order valence-corrected chi connectivity index (χ0v) is 13.8. The summed E-state index contributed by atoms with van der Waals surface area (Å²) in [4.78, 5) is 3.99. The Labute approximate surface area is 137 Å². The molecule has 0 bridgehead atoms. The van der Waals surface area contributed by atoms with Crippen molar-refractivity contribution in [1.29, 1.82) is 0 Å². The predicted molar refractivity (Wildman–Crippen MR) is 90.5 cm³/mol. The molecule has 1 saturated carbocycles. The van der Waals surface area contributed by atoms with Crippen LogP contribution in [0.4, 0.5) is 0 Å². The van der Waals surface area contributed by atoms with Gasteiger partial charge >= 0.3 is 0 Å². The van der Waals surface area contributed by atoms with E-state index in [2.05, 4.69) is 40.5 Å². The van der Waals surface area contributed by atoms with E-state index < -0.39 is 5.60 Å². The van der Waals surface area contributed by atoms with Gasteiger partial charge in [0.2, 0.25) is 0 Å². The summed E-state index contributed by atoms with van der Waals surface area (Å²) in [6.07, 6.45) is 9.89. The van der Waals surface area contributed by atoms with Crippen LogP contribution in [-0.4, -0.2) is 32.0 Å². The van der Waals surface area contributed by atoms with Gasteiger partial charge in [-0.15, -0.1) is 0 Å². The van der Waals surface area contributed by atoms with E-state index in [4.69, 9.17) is 0 Å². The number of rotatable bonds is 5. The highest BCUT2D eigenvalue weighted by atomic mass is 16.3. The fraction of sp³-hybridized carbons (Fsp3) is 0.556. The average Bonchev–Trinajstić information content (AvgIpc) is 2.97. The Morgan fingerprint density at radius 1 is 1.22 bits per heavy atom. The maximum atomic E-state index is 10.7. The first-order chi connectivity index (χ1) is 11.2. The van der Waals surface area contributed by atoms with Crippen molar-refractivity contribution in [3.63, 3.8) is 0 Å². The molecule has 3 rings (SSSR count). The SMILES string of the molecule is Cc1cc(CNCC2(O)CCCCCC2)ccc1-n1cncn1. The topological polar surface area (TPSA) is 63.0 Å². The van der Waals surface area contributed by atoms with Crippen molar-refractivity contribution in [2.45, 2.75) is 57.6 Å². The van der Waals surface area contributed by atoms with Gasteiger partial charge in [-0.3, -0.25) is 0 Å². The van der Waals surface area contributed by atoms with Crippen LogP contribution in [0.2, 0.25) is 0 Å². The van der Waals surface area contributed by atoms with E-state index in [1.807, 2.05) is 0 Å². The number of hydrogen-bond donors (Lipinski definition) is 2. The van der Waals surface area contributed by atoms with E-state index in [-0.39, 0.29) is 0 Å². The molecule has 0 atom stereocenters. The van der Waals surface area contributed by atoms with Gasteiger partial charge in [0.15, 0.2) is 0 Å². The number of hydrogen-bond acceptors (Lipinski definition) is 4. The van der Waals surface area contributed by atoms with Gasteiger partial charge in [0.1, 0.15) is 12.7 Å². The molecular formula is C18H26N4O. The third kappa shape index (κ3) is 4.18. The highest BCUT2D eigenvalue weighted by Gasteiger charge is 2.27. The van der Waals surface area contributed by atoms with Gasteiger partial charge in [-0.05, 0) is 37.0 Å². The zero-order chi connectivity index (χ0) is 16.1. The molecule has 23 heavy (non-hydrogen) atoms. The maximum absolute atomic E-state index is 10.7. The number of nitrogens with zero attached hydrogens (tertiary/aromatic N) is 3. The molecule has 1 aliphatic carbocycles. The monoisotopic (exact) mass is 314 g/mol. The molecule has 0 radical (unpaired) electrons. The molecule has 2 aromatic rings. The van der Waals surface area contributed by atoms with Crippen molar-refractivity contribution in [2.24, 2.45) is 0 Å². The van der Waals surface area contributed by atoms with Gasteiger partial charge in [-0.25, -0.2) is 9.67 Å². The van der Waals surface area contributed by atoms with Gasteiger partial charge in [0, 0.05) is 13.1 Å². The largest absolute Gasteiger partial charge is 0.389 e. The number of nitrogens with one attached hydrogen (secondary N) is 1. The van der Waals surface area contributed by atoms with Crippen molar-refractivity contribution in [1.82, 2.24) is 20.1 Å². The summed E-state index contributed by atoms with van der Waals surface area (Å²) in [5, 5.41) is 18.3. The van der Waals surface area contributed by atoms with Crippen LogP contribution in [0.25, 0.3) is 5.69 Å². The lowest BCUT2D eigenvalue weighted by atomic mass is 9.94. The molecule has 1 aromatic heterocycles. The number of aromatic nitrogens is 3. The highest BCUT2D eigenvalue weighted by molar-refractivity contribution is 5.41. The van der Waals surface area contributed by atoms with Crippen LogP contribution in [-0.2, 0) is 6.54 Å². The van der Waals surface area contributed by atoms with Crippen LogP contribution in [0.3, 0.4) is 0 Å². The molecule has 5 heteroatoms. The molecule has 124 valence electrons. The molecule has 5 nitrogen and oxygen atoms in total. The summed E-state index contributed by atoms with van der Waals surface area (Å²) in [7, 11) is 0. The lowest BCUT2D eigenvalue weighted by Gasteiger charge is -2.27. The first-order valence-corrected chi connectivity index (χ1v) is 8.54. The third-order valence-corrected chi connectivity index (χ3v) is 4.74. The zero-order valence-electron chi connectivity index (χ0n) is 13.8. The van der Waals surface area contributed by atoms with Crippen LogP contribution in [0.1, 0.15) is 49.7 Å². The summed E-state index contributed by atoms with van der Waals surface area (Å²) in [6, 6.07) is 6.34. The minimum absolute atomic E-state index is 0.522. The van der Waals surface area contributed by atoms with Crippen LogP contribution < -0.4 is 5.32 Å². The van der Waals surface area contributed by atoms with Gasteiger partial charge in [0.05, 0.1) is 11.3 Å². The van der Waals surface area contributed by atoms with E-state index in [1.165, 1.54) is 24.0 Å². The molecular weight excluding hydrogens is 288 g/mol. The second-order valence-corrected chi connectivity index (χ2v) is 6.70. The van der Waals surface area contributed by atoms with E-state index in [0.29, 0.717) is 6.54 Å². The van der Waals surface area contributed by atoms with Gasteiger partial charge in [-0.2, -0.15) is 5.10 Å². The van der Waals surface area contributed by atoms with E-state index in [0.717, 1.165) is 37.9 Å². The van der Waals surface area contributed by atoms with Crippen molar-refractivity contribution in [2.75, 3.05) is 6.54 Å². The summed E-state index contributed by atoms with van der Waals surface area (Å²) >= 11 is 0. The lowest BCUT2D eigenvalue weighted by Crippen LogP contribution is -2.39. The Morgan fingerprint density at radius 2 is 2.00 bits per heavy atom. The molecule has 0 aliphatic heterocycles. The Balaban J connectivity index is 1.57. The summed E-state index contributed by atoms with van der Waals surface area (Å²) in [5.41, 5.74) is 2.92. The molecule has 0 saturated heterocycles. The van der Waals surface area contributed by atoms with Crippen molar-refractivity contribution >= 4 is 0 Å². The molecule has 2 N–H and O–H groups in total. The predicted octanol–water partition coefficient (Wildman–Crippen LogP) is 2.75. The molecule has 0 amide bonds. The highest BCUT2D eigenvalue weighted by Crippen LogP contribution is 2.26. The van der Waals surface area contributed by atoms with Crippen molar-refractivity contribution in [3.05, 3.63) is 42.0 Å². The van der Waals surface area contributed by atoms with Crippen LogP contribution in [0, 0.1) is 6.92 Å². The smallest absolute Gasteiger partial charge is 0.138 e. The fourth-order valence-electron chi connectivity index (χ4n) is 3.42. The molecule has 0 spiro atoms.